The second-order valence-electron chi connectivity index (χ2n) is 10.6. The molecule has 0 aliphatic carbocycles. The molecule has 4 amide bonds. The third-order valence-corrected chi connectivity index (χ3v) is 6.59. The number of aromatic nitrogens is 1. The van der Waals surface area contributed by atoms with E-state index in [2.05, 4.69) is 21.1 Å². The van der Waals surface area contributed by atoms with E-state index in [4.69, 9.17) is 4.52 Å². The second-order valence-corrected chi connectivity index (χ2v) is 10.6. The van der Waals surface area contributed by atoms with Gasteiger partial charge in [0.2, 0.25) is 11.8 Å². The number of hydrogen-bond donors (Lipinski definition) is 4. The number of rotatable bonds is 12. The van der Waals surface area contributed by atoms with Gasteiger partial charge in [-0.25, -0.2) is 0 Å². The third kappa shape index (κ3) is 9.37. The minimum Gasteiger partial charge on any atom is -0.391 e. The van der Waals surface area contributed by atoms with Gasteiger partial charge in [0.15, 0.2) is 5.69 Å². The summed E-state index contributed by atoms with van der Waals surface area (Å²) in [6, 6.07) is 15.2. The first-order valence-corrected chi connectivity index (χ1v) is 13.9. The van der Waals surface area contributed by atoms with Crippen molar-refractivity contribution in [2.24, 2.45) is 0 Å². The van der Waals surface area contributed by atoms with Gasteiger partial charge in [0.1, 0.15) is 29.5 Å². The van der Waals surface area contributed by atoms with E-state index >= 15 is 0 Å². The summed E-state index contributed by atoms with van der Waals surface area (Å²) in [6.07, 6.45) is 0.163. The van der Waals surface area contributed by atoms with Crippen molar-refractivity contribution in [3.8, 4) is 6.07 Å². The van der Waals surface area contributed by atoms with Crippen molar-refractivity contribution >= 4 is 29.7 Å². The van der Waals surface area contributed by atoms with Crippen molar-refractivity contribution in [3.05, 3.63) is 93.9 Å². The summed E-state index contributed by atoms with van der Waals surface area (Å²) < 4.78 is 4.92. The van der Waals surface area contributed by atoms with E-state index in [0.29, 0.717) is 16.9 Å². The topological polar surface area (TPSA) is 178 Å². The van der Waals surface area contributed by atoms with E-state index in [9.17, 15) is 29.5 Å². The molecule has 12 nitrogen and oxygen atoms in total. The fourth-order valence-corrected chi connectivity index (χ4v) is 4.18. The molecule has 3 atom stereocenters. The Labute approximate surface area is 255 Å². The number of likely N-dealkylation sites (N-methyl/N-ethyl adjacent to an activating group) is 1. The number of aliphatic hydroxyl groups is 1. The number of nitrogens with one attached hydrogen (secondary N) is 3. The van der Waals surface area contributed by atoms with Gasteiger partial charge in [0, 0.05) is 33.1 Å². The number of benzene rings is 2. The quantitative estimate of drug-likeness (QED) is 0.180. The van der Waals surface area contributed by atoms with Gasteiger partial charge in [-0.1, -0.05) is 59.3 Å². The summed E-state index contributed by atoms with van der Waals surface area (Å²) in [7, 11) is 3.09. The summed E-state index contributed by atoms with van der Waals surface area (Å²) in [4.78, 5) is 53.1. The second kappa shape index (κ2) is 15.3. The van der Waals surface area contributed by atoms with Crippen molar-refractivity contribution in [1.82, 2.24) is 26.0 Å². The van der Waals surface area contributed by atoms with Gasteiger partial charge in [0.05, 0.1) is 6.10 Å². The maximum atomic E-state index is 13.4. The molecule has 230 valence electrons. The van der Waals surface area contributed by atoms with E-state index in [-0.39, 0.29) is 24.2 Å². The minimum absolute atomic E-state index is 0.0274. The molecule has 12 heteroatoms. The van der Waals surface area contributed by atoms with Gasteiger partial charge in [-0.15, -0.1) is 0 Å². The van der Waals surface area contributed by atoms with E-state index in [0.717, 1.165) is 11.1 Å². The molecule has 2 aromatic carbocycles. The van der Waals surface area contributed by atoms with Gasteiger partial charge < -0.3 is 30.5 Å². The molecule has 3 rings (SSSR count). The molecule has 0 spiro atoms. The predicted octanol–water partition coefficient (Wildman–Crippen LogP) is 1.81. The molecule has 3 aromatic rings. The number of nitrogens with zero attached hydrogens (tertiary/aromatic N) is 3. The van der Waals surface area contributed by atoms with Crippen molar-refractivity contribution in [1.29, 1.82) is 5.26 Å². The van der Waals surface area contributed by atoms with Crippen LogP contribution in [0.15, 0.2) is 64.7 Å². The Bertz CT molecular complexity index is 1570. The Morgan fingerprint density at radius 1 is 1.02 bits per heavy atom. The van der Waals surface area contributed by atoms with E-state index in [1.165, 1.54) is 24.0 Å². The zero-order chi connectivity index (χ0) is 32.4. The van der Waals surface area contributed by atoms with Crippen LogP contribution in [0.5, 0.6) is 0 Å². The highest BCUT2D eigenvalue weighted by Gasteiger charge is 2.31. The van der Waals surface area contributed by atoms with Crippen molar-refractivity contribution < 1.29 is 28.8 Å². The molecule has 44 heavy (non-hydrogen) atoms. The summed E-state index contributed by atoms with van der Waals surface area (Å²) in [5, 5.41) is 31.4. The minimum atomic E-state index is -1.41. The first-order chi connectivity index (χ1) is 20.9. The lowest BCUT2D eigenvalue weighted by molar-refractivity contribution is -0.131. The zero-order valence-corrected chi connectivity index (χ0v) is 25.2. The number of amides is 4. The van der Waals surface area contributed by atoms with E-state index in [1.807, 2.05) is 37.3 Å². The highest BCUT2D eigenvalue weighted by Crippen LogP contribution is 2.14. The molecule has 0 bridgehead atoms. The largest absolute Gasteiger partial charge is 0.391 e. The molecule has 1 unspecified atom stereocenters. The van der Waals surface area contributed by atoms with Crippen LogP contribution in [0.25, 0.3) is 6.08 Å². The average Bonchev–Trinajstić information content (AvgIpc) is 3.43. The van der Waals surface area contributed by atoms with Gasteiger partial charge in [-0.3, -0.25) is 19.2 Å². The zero-order valence-electron chi connectivity index (χ0n) is 25.2. The van der Waals surface area contributed by atoms with Crippen molar-refractivity contribution in [3.63, 3.8) is 0 Å². The predicted molar refractivity (Wildman–Crippen MR) is 162 cm³/mol. The number of carbonyl (C=O) groups is 4. The van der Waals surface area contributed by atoms with Crippen LogP contribution in [0.4, 0.5) is 0 Å². The van der Waals surface area contributed by atoms with Gasteiger partial charge in [-0.05, 0) is 43.5 Å². The molecule has 4 N–H and O–H groups in total. The van der Waals surface area contributed by atoms with Gasteiger partial charge in [-0.2, -0.15) is 5.26 Å². The highest BCUT2D eigenvalue weighted by atomic mass is 16.5. The molecule has 0 aliphatic heterocycles. The smallest absolute Gasteiger partial charge is 0.274 e. The standard InChI is InChI=1S/C32H36N6O6/c1-19-9-11-22(12-10-19)18-34-29(40)26(16-24-8-6-7-23(14-24)15-25(17-33)32(43)38(4)5)35-31(42)28(21(3)39)36-30(41)27-13-20(2)44-37-27/h6-15,21,26,28,39H,16,18H2,1-5H3,(H,34,40)(H,35,42)(H,36,41)/t21-,26?,28+/m1/s1. The first-order valence-electron chi connectivity index (χ1n) is 13.9. The Hall–Kier alpha value is -5.28. The van der Waals surface area contributed by atoms with Gasteiger partial charge >= 0.3 is 0 Å². The lowest BCUT2D eigenvalue weighted by atomic mass is 10.0. The molecule has 0 aliphatic rings. The average molecular weight is 601 g/mol. The molecule has 1 heterocycles. The fraction of sp³-hybridized carbons (Fsp3) is 0.312. The number of aryl methyl sites for hydroxylation is 2. The maximum absolute atomic E-state index is 13.4. The van der Waals surface area contributed by atoms with Crippen molar-refractivity contribution in [2.75, 3.05) is 14.1 Å². The Morgan fingerprint density at radius 2 is 1.73 bits per heavy atom. The molecular weight excluding hydrogens is 564 g/mol. The summed E-state index contributed by atoms with van der Waals surface area (Å²) in [6.45, 7) is 5.10. The van der Waals surface area contributed by atoms with Crippen LogP contribution >= 0.6 is 0 Å². The molecular formula is C32H36N6O6. The number of aliphatic hydroxyl groups excluding tert-OH is 1. The third-order valence-electron chi connectivity index (χ3n) is 6.59. The van der Waals surface area contributed by atoms with E-state index < -0.39 is 41.8 Å². The van der Waals surface area contributed by atoms with E-state index in [1.54, 1.807) is 45.3 Å². The normalized spacial score (nSPS) is 13.2. The van der Waals surface area contributed by atoms with Crippen LogP contribution in [0, 0.1) is 25.2 Å². The fourth-order valence-electron chi connectivity index (χ4n) is 4.18. The molecule has 0 fully saturated rings. The SMILES string of the molecule is Cc1ccc(CNC(=O)C(Cc2cccc(C=C(C#N)C(=O)N(C)C)c2)NC(=O)[C@@H](NC(=O)c2cc(C)on2)[C@@H](C)O)cc1. The lowest BCUT2D eigenvalue weighted by Crippen LogP contribution is -2.57. The molecule has 1 aromatic heterocycles. The van der Waals surface area contributed by atoms with Crippen LogP contribution in [0.3, 0.4) is 0 Å². The van der Waals surface area contributed by atoms with Crippen LogP contribution in [0.1, 0.15) is 45.4 Å². The number of hydrogen-bond acceptors (Lipinski definition) is 8. The maximum Gasteiger partial charge on any atom is 0.274 e. The first kappa shape index (κ1) is 33.2. The summed E-state index contributed by atoms with van der Waals surface area (Å²) in [5.74, 6) is -2.08. The summed E-state index contributed by atoms with van der Waals surface area (Å²) >= 11 is 0. The highest BCUT2D eigenvalue weighted by molar-refractivity contribution is 6.01. The van der Waals surface area contributed by atoms with Crippen LogP contribution < -0.4 is 16.0 Å². The molecule has 0 radical (unpaired) electrons. The van der Waals surface area contributed by atoms with Crippen LogP contribution in [-0.2, 0) is 27.3 Å². The van der Waals surface area contributed by atoms with Gasteiger partial charge in [0.25, 0.3) is 11.8 Å². The van der Waals surface area contributed by atoms with Crippen molar-refractivity contribution in [2.45, 2.75) is 51.9 Å². The number of carbonyl (C=O) groups excluding carboxylic acids is 4. The molecule has 0 saturated heterocycles. The Balaban J connectivity index is 1.85. The summed E-state index contributed by atoms with van der Waals surface area (Å²) in [5.41, 5.74) is 2.97. The Kier molecular flexibility index (Phi) is 11.5. The monoisotopic (exact) mass is 600 g/mol. The lowest BCUT2D eigenvalue weighted by Gasteiger charge is -2.24. The Morgan fingerprint density at radius 3 is 2.32 bits per heavy atom. The van der Waals surface area contributed by atoms with Crippen LogP contribution in [0.2, 0.25) is 0 Å². The van der Waals surface area contributed by atoms with Crippen LogP contribution in [-0.4, -0.2) is 71.1 Å². The number of nitriles is 1. The molecule has 0 saturated carbocycles.